The Kier molecular flexibility index (Phi) is 21.8. The average molecular weight is 838 g/mol. The van der Waals surface area contributed by atoms with Crippen LogP contribution in [0.15, 0.2) is 24.3 Å². The summed E-state index contributed by atoms with van der Waals surface area (Å²) in [6, 6.07) is 10.3. The summed E-state index contributed by atoms with van der Waals surface area (Å²) in [4.78, 5) is 9.30. The standard InChI is InChI=1S/C52H84S4/c1-9-13-15-17-19-21-23-25-27-29-31-33-35-41-37-47(51(5,6)11-3)55-49(41)45-39-43-44(53-45)40-46(54-43)50-42(38-48(56-50)52(7,8)12-4)36-34-32-30-28-26-24-22-20-18-16-14-10-2/h37-40H,9-36H2,1-8H3. The summed E-state index contributed by atoms with van der Waals surface area (Å²) in [6.45, 7) is 19.1. The van der Waals surface area contributed by atoms with E-state index in [9.17, 15) is 0 Å². The van der Waals surface area contributed by atoms with Crippen molar-refractivity contribution in [3.8, 4) is 19.5 Å². The first-order chi connectivity index (χ1) is 27.1. The molecule has 0 saturated heterocycles. The van der Waals surface area contributed by atoms with Crippen LogP contribution in [-0.4, -0.2) is 0 Å². The molecule has 0 atom stereocenters. The molecule has 4 rings (SSSR count). The van der Waals surface area contributed by atoms with E-state index in [2.05, 4.69) is 125 Å². The summed E-state index contributed by atoms with van der Waals surface area (Å²) < 4.78 is 2.98. The largest absolute Gasteiger partial charge is 0.139 e. The fourth-order valence-corrected chi connectivity index (χ4v) is 13.5. The minimum atomic E-state index is 0.239. The number of hydrogen-bond donors (Lipinski definition) is 0. The topological polar surface area (TPSA) is 0 Å². The molecule has 0 nitrogen and oxygen atoms in total. The van der Waals surface area contributed by atoms with Gasteiger partial charge in [0, 0.05) is 38.7 Å². The van der Waals surface area contributed by atoms with E-state index < -0.39 is 0 Å². The number of hydrogen-bond acceptors (Lipinski definition) is 4. The number of rotatable bonds is 32. The molecule has 0 N–H and O–H groups in total. The molecule has 4 aromatic heterocycles. The van der Waals surface area contributed by atoms with Crippen molar-refractivity contribution < 1.29 is 0 Å². The predicted molar refractivity (Wildman–Crippen MR) is 263 cm³/mol. The first-order valence-electron chi connectivity index (χ1n) is 23.9. The lowest BCUT2D eigenvalue weighted by Crippen LogP contribution is -2.13. The van der Waals surface area contributed by atoms with E-state index in [1.165, 1.54) is 199 Å². The molecule has 0 fully saturated rings. The van der Waals surface area contributed by atoms with Crippen LogP contribution in [-0.2, 0) is 23.7 Å². The molecule has 0 bridgehead atoms. The molecular weight excluding hydrogens is 753 g/mol. The zero-order valence-corrected chi connectivity index (χ0v) is 41.0. The molecule has 0 radical (unpaired) electrons. The number of thiophene rings is 4. The molecule has 0 saturated carbocycles. The summed E-state index contributed by atoms with van der Waals surface area (Å²) in [6.07, 6.45) is 38.8. The first kappa shape index (κ1) is 47.7. The van der Waals surface area contributed by atoms with Crippen LogP contribution in [0.2, 0.25) is 0 Å². The summed E-state index contributed by atoms with van der Waals surface area (Å²) >= 11 is 8.31. The average Bonchev–Trinajstić information content (AvgIpc) is 3.99. The molecule has 0 aliphatic heterocycles. The smallest absolute Gasteiger partial charge is 0.0478 e. The van der Waals surface area contributed by atoms with Gasteiger partial charge in [0.05, 0.1) is 0 Å². The maximum Gasteiger partial charge on any atom is 0.0478 e. The van der Waals surface area contributed by atoms with Crippen LogP contribution in [0.3, 0.4) is 0 Å². The van der Waals surface area contributed by atoms with E-state index in [0.717, 1.165) is 0 Å². The number of unbranched alkanes of at least 4 members (excludes halogenated alkanes) is 22. The van der Waals surface area contributed by atoms with Crippen molar-refractivity contribution in [3.05, 3.63) is 45.1 Å². The van der Waals surface area contributed by atoms with Gasteiger partial charge in [-0.15, -0.1) is 45.3 Å². The lowest BCUT2D eigenvalue weighted by atomic mass is 9.88. The summed E-state index contributed by atoms with van der Waals surface area (Å²) in [5, 5.41) is 0. The zero-order valence-electron chi connectivity index (χ0n) is 37.7. The summed E-state index contributed by atoms with van der Waals surface area (Å²) in [5.74, 6) is 0. The van der Waals surface area contributed by atoms with Crippen molar-refractivity contribution in [1.29, 1.82) is 0 Å². The van der Waals surface area contributed by atoms with Crippen LogP contribution in [0.25, 0.3) is 28.9 Å². The Labute approximate surface area is 363 Å². The Bertz CT molecular complexity index is 1470. The van der Waals surface area contributed by atoms with Crippen LogP contribution >= 0.6 is 45.3 Å². The third-order valence-electron chi connectivity index (χ3n) is 13.0. The van der Waals surface area contributed by atoms with Gasteiger partial charge in [-0.05, 0) is 84.7 Å². The summed E-state index contributed by atoms with van der Waals surface area (Å²) in [7, 11) is 0. The first-order valence-corrected chi connectivity index (χ1v) is 27.2. The highest BCUT2D eigenvalue weighted by Crippen LogP contribution is 2.49. The van der Waals surface area contributed by atoms with Crippen molar-refractivity contribution in [2.45, 2.75) is 246 Å². The lowest BCUT2D eigenvalue weighted by Gasteiger charge is -2.20. The quantitative estimate of drug-likeness (QED) is 0.0430. The molecular formula is C52H84S4. The van der Waals surface area contributed by atoms with Crippen LogP contribution in [0.1, 0.15) is 243 Å². The minimum absolute atomic E-state index is 0.239. The Balaban J connectivity index is 1.37. The van der Waals surface area contributed by atoms with Gasteiger partial charge in [0.2, 0.25) is 0 Å². The molecule has 0 aliphatic carbocycles. The molecule has 0 spiro atoms. The SMILES string of the molecule is CCCCCCCCCCCCCCc1cc(C(C)(C)CC)sc1-c1cc2sc(-c3sc(C(C)(C)CC)cc3CCCCCCCCCCCCCC)cc2s1. The van der Waals surface area contributed by atoms with Crippen LogP contribution in [0.5, 0.6) is 0 Å². The van der Waals surface area contributed by atoms with E-state index in [1.807, 2.05) is 0 Å². The van der Waals surface area contributed by atoms with Gasteiger partial charge in [0.1, 0.15) is 0 Å². The maximum absolute atomic E-state index is 2.60. The van der Waals surface area contributed by atoms with Gasteiger partial charge in [-0.3, -0.25) is 0 Å². The van der Waals surface area contributed by atoms with Crippen molar-refractivity contribution in [2.24, 2.45) is 0 Å². The van der Waals surface area contributed by atoms with E-state index in [1.54, 1.807) is 30.6 Å². The summed E-state index contributed by atoms with van der Waals surface area (Å²) in [5.41, 5.74) is 3.70. The fraction of sp³-hybridized carbons (Fsp3) is 0.731. The third-order valence-corrected chi connectivity index (χ3v) is 18.7. The van der Waals surface area contributed by atoms with Crippen molar-refractivity contribution in [1.82, 2.24) is 0 Å². The molecule has 4 heteroatoms. The lowest BCUT2D eigenvalue weighted by molar-refractivity contribution is 0.516. The van der Waals surface area contributed by atoms with Crippen molar-refractivity contribution in [3.63, 3.8) is 0 Å². The molecule has 4 aromatic rings. The van der Waals surface area contributed by atoms with Crippen molar-refractivity contribution >= 4 is 54.7 Å². The molecule has 0 aromatic carbocycles. The molecule has 0 amide bonds. The van der Waals surface area contributed by atoms with Gasteiger partial charge in [-0.1, -0.05) is 197 Å². The monoisotopic (exact) mass is 837 g/mol. The second kappa shape index (κ2) is 25.6. The number of aryl methyl sites for hydroxylation is 2. The van der Waals surface area contributed by atoms with Gasteiger partial charge >= 0.3 is 0 Å². The van der Waals surface area contributed by atoms with Gasteiger partial charge < -0.3 is 0 Å². The third kappa shape index (κ3) is 15.3. The van der Waals surface area contributed by atoms with E-state index in [-0.39, 0.29) is 10.8 Å². The molecule has 316 valence electrons. The highest BCUT2D eigenvalue weighted by molar-refractivity contribution is 7.33. The van der Waals surface area contributed by atoms with Crippen LogP contribution < -0.4 is 0 Å². The van der Waals surface area contributed by atoms with E-state index in [4.69, 9.17) is 0 Å². The van der Waals surface area contributed by atoms with E-state index in [0.29, 0.717) is 0 Å². The second-order valence-corrected chi connectivity index (χ2v) is 22.9. The minimum Gasteiger partial charge on any atom is -0.139 e. The fourth-order valence-electron chi connectivity index (χ4n) is 8.03. The van der Waals surface area contributed by atoms with Crippen LogP contribution in [0, 0.1) is 0 Å². The molecule has 0 aliphatic rings. The number of fused-ring (bicyclic) bond motifs is 1. The Morgan fingerprint density at radius 2 is 0.643 bits per heavy atom. The predicted octanol–water partition coefficient (Wildman–Crippen LogP) is 20.3. The molecule has 56 heavy (non-hydrogen) atoms. The normalized spacial score (nSPS) is 12.5. The second-order valence-electron chi connectivity index (χ2n) is 18.6. The van der Waals surface area contributed by atoms with Gasteiger partial charge in [-0.2, -0.15) is 0 Å². The van der Waals surface area contributed by atoms with Crippen molar-refractivity contribution in [2.75, 3.05) is 0 Å². The van der Waals surface area contributed by atoms with Gasteiger partial charge in [0.15, 0.2) is 0 Å². The zero-order chi connectivity index (χ0) is 40.2. The highest BCUT2D eigenvalue weighted by Gasteiger charge is 2.26. The highest BCUT2D eigenvalue weighted by atomic mass is 32.1. The Hall–Kier alpha value is -0.940. The Morgan fingerprint density at radius 1 is 0.357 bits per heavy atom. The van der Waals surface area contributed by atoms with E-state index >= 15 is 0 Å². The Morgan fingerprint density at radius 3 is 0.929 bits per heavy atom. The van der Waals surface area contributed by atoms with Crippen LogP contribution in [0.4, 0.5) is 0 Å². The maximum atomic E-state index is 2.60. The molecule has 0 unspecified atom stereocenters. The molecule has 4 heterocycles. The van der Waals surface area contributed by atoms with Gasteiger partial charge in [0.25, 0.3) is 0 Å². The van der Waals surface area contributed by atoms with Gasteiger partial charge in [-0.25, -0.2) is 0 Å².